The van der Waals surface area contributed by atoms with Gasteiger partial charge in [0.1, 0.15) is 5.60 Å². The van der Waals surface area contributed by atoms with E-state index < -0.39 is 11.7 Å². The van der Waals surface area contributed by atoms with E-state index in [2.05, 4.69) is 22.4 Å². The van der Waals surface area contributed by atoms with Gasteiger partial charge in [-0.2, -0.15) is 0 Å². The summed E-state index contributed by atoms with van der Waals surface area (Å²) in [5.41, 5.74) is 7.72. The molecular formula is C16H23N3O2. The monoisotopic (exact) mass is 289 g/mol. The van der Waals surface area contributed by atoms with Gasteiger partial charge in [0.05, 0.1) is 0 Å². The van der Waals surface area contributed by atoms with Gasteiger partial charge in [0.15, 0.2) is 0 Å². The van der Waals surface area contributed by atoms with Crippen molar-refractivity contribution in [1.29, 1.82) is 0 Å². The van der Waals surface area contributed by atoms with Crippen molar-refractivity contribution in [2.45, 2.75) is 38.8 Å². The number of aromatic nitrogens is 1. The fraction of sp³-hybridized carbons (Fsp3) is 0.438. The van der Waals surface area contributed by atoms with Crippen LogP contribution in [0.4, 0.5) is 4.79 Å². The summed E-state index contributed by atoms with van der Waals surface area (Å²) in [6.07, 6.45) is 0.236. The van der Waals surface area contributed by atoms with Crippen LogP contribution in [0.1, 0.15) is 26.5 Å². The first kappa shape index (κ1) is 15.4. The average Bonchev–Trinajstić information content (AvgIpc) is 2.76. The molecule has 0 aliphatic carbocycles. The van der Waals surface area contributed by atoms with E-state index in [1.807, 2.05) is 39.0 Å². The van der Waals surface area contributed by atoms with Crippen molar-refractivity contribution in [3.63, 3.8) is 0 Å². The molecule has 1 heterocycles. The molecule has 0 aliphatic heterocycles. The van der Waals surface area contributed by atoms with Crippen molar-refractivity contribution < 1.29 is 9.53 Å². The van der Waals surface area contributed by atoms with Gasteiger partial charge >= 0.3 is 6.09 Å². The number of rotatable bonds is 4. The molecule has 1 atom stereocenters. The Labute approximate surface area is 124 Å². The summed E-state index contributed by atoms with van der Waals surface area (Å²) in [4.78, 5) is 14.9. The molecule has 5 nitrogen and oxygen atoms in total. The van der Waals surface area contributed by atoms with Gasteiger partial charge in [-0.3, -0.25) is 0 Å². The van der Waals surface area contributed by atoms with Crippen LogP contribution in [0.25, 0.3) is 10.9 Å². The van der Waals surface area contributed by atoms with Crippen LogP contribution < -0.4 is 11.1 Å². The molecule has 4 N–H and O–H groups in total. The van der Waals surface area contributed by atoms with E-state index in [0.29, 0.717) is 13.0 Å². The van der Waals surface area contributed by atoms with Gasteiger partial charge in [0.25, 0.3) is 0 Å². The molecule has 114 valence electrons. The average molecular weight is 289 g/mol. The number of nitrogens with one attached hydrogen (secondary N) is 2. The zero-order valence-electron chi connectivity index (χ0n) is 12.8. The van der Waals surface area contributed by atoms with Gasteiger partial charge in [-0.05, 0) is 38.3 Å². The number of hydrogen-bond acceptors (Lipinski definition) is 3. The number of carbonyl (C=O) groups is 1. The van der Waals surface area contributed by atoms with Crippen molar-refractivity contribution >= 4 is 17.0 Å². The second-order valence-electron chi connectivity index (χ2n) is 6.23. The normalized spacial score (nSPS) is 13.1. The molecule has 1 aromatic heterocycles. The third kappa shape index (κ3) is 4.79. The Kier molecular flexibility index (Phi) is 4.53. The Balaban J connectivity index is 1.84. The molecule has 0 aliphatic rings. The third-order valence-corrected chi connectivity index (χ3v) is 2.98. The highest BCUT2D eigenvalue weighted by Crippen LogP contribution is 2.15. The number of para-hydroxylation sites is 1. The first-order valence-corrected chi connectivity index (χ1v) is 7.12. The maximum absolute atomic E-state index is 11.6. The van der Waals surface area contributed by atoms with E-state index in [4.69, 9.17) is 10.5 Å². The Hall–Kier alpha value is -2.01. The van der Waals surface area contributed by atoms with Crippen molar-refractivity contribution in [2.75, 3.05) is 6.54 Å². The lowest BCUT2D eigenvalue weighted by molar-refractivity contribution is 0.0524. The second kappa shape index (κ2) is 6.18. The van der Waals surface area contributed by atoms with Gasteiger partial charge in [0.2, 0.25) is 0 Å². The molecule has 1 amide bonds. The summed E-state index contributed by atoms with van der Waals surface area (Å²) in [6, 6.07) is 10.0. The molecule has 0 spiro atoms. The molecule has 0 bridgehead atoms. The van der Waals surface area contributed by atoms with Crippen LogP contribution in [0.15, 0.2) is 30.3 Å². The number of alkyl carbamates (subject to hydrolysis) is 1. The molecular weight excluding hydrogens is 266 g/mol. The summed E-state index contributed by atoms with van der Waals surface area (Å²) in [5.74, 6) is 0. The molecule has 2 aromatic rings. The van der Waals surface area contributed by atoms with Gasteiger partial charge in [-0.25, -0.2) is 4.79 Å². The molecule has 2 rings (SSSR count). The number of amides is 1. The van der Waals surface area contributed by atoms with Crippen LogP contribution in [-0.2, 0) is 11.2 Å². The Morgan fingerprint density at radius 2 is 2.10 bits per heavy atom. The van der Waals surface area contributed by atoms with Crippen LogP contribution in [0.5, 0.6) is 0 Å². The van der Waals surface area contributed by atoms with E-state index in [1.165, 1.54) is 5.39 Å². The summed E-state index contributed by atoms with van der Waals surface area (Å²) in [6.45, 7) is 5.87. The second-order valence-corrected chi connectivity index (χ2v) is 6.23. The Morgan fingerprint density at radius 3 is 2.76 bits per heavy atom. The fourth-order valence-electron chi connectivity index (χ4n) is 2.13. The van der Waals surface area contributed by atoms with Crippen LogP contribution >= 0.6 is 0 Å². The van der Waals surface area contributed by atoms with Crippen molar-refractivity contribution in [1.82, 2.24) is 10.3 Å². The van der Waals surface area contributed by atoms with E-state index in [-0.39, 0.29) is 6.04 Å². The number of H-pyrrole nitrogens is 1. The highest BCUT2D eigenvalue weighted by molar-refractivity contribution is 5.80. The van der Waals surface area contributed by atoms with Crippen molar-refractivity contribution in [3.05, 3.63) is 36.0 Å². The predicted molar refractivity (Wildman–Crippen MR) is 84.2 cm³/mol. The van der Waals surface area contributed by atoms with Crippen LogP contribution in [0, 0.1) is 0 Å². The van der Waals surface area contributed by atoms with Crippen LogP contribution in [0.2, 0.25) is 0 Å². The van der Waals surface area contributed by atoms with E-state index >= 15 is 0 Å². The number of benzene rings is 1. The largest absolute Gasteiger partial charge is 0.444 e. The lowest BCUT2D eigenvalue weighted by atomic mass is 10.1. The first-order valence-electron chi connectivity index (χ1n) is 7.12. The lowest BCUT2D eigenvalue weighted by Gasteiger charge is -2.20. The highest BCUT2D eigenvalue weighted by Gasteiger charge is 2.16. The van der Waals surface area contributed by atoms with Gasteiger partial charge < -0.3 is 20.8 Å². The summed E-state index contributed by atoms with van der Waals surface area (Å²) in [5, 5.41) is 3.86. The molecule has 5 heteroatoms. The minimum absolute atomic E-state index is 0.161. The van der Waals surface area contributed by atoms with Gasteiger partial charge in [-0.15, -0.1) is 0 Å². The summed E-state index contributed by atoms with van der Waals surface area (Å²) < 4.78 is 5.17. The highest BCUT2D eigenvalue weighted by atomic mass is 16.6. The van der Waals surface area contributed by atoms with Crippen molar-refractivity contribution in [3.8, 4) is 0 Å². The molecule has 21 heavy (non-hydrogen) atoms. The van der Waals surface area contributed by atoms with Crippen LogP contribution in [-0.4, -0.2) is 29.3 Å². The summed E-state index contributed by atoms with van der Waals surface area (Å²) >= 11 is 0. The molecule has 0 saturated carbocycles. The first-order chi connectivity index (χ1) is 9.83. The smallest absolute Gasteiger partial charge is 0.407 e. The minimum atomic E-state index is -0.495. The van der Waals surface area contributed by atoms with Crippen molar-refractivity contribution in [2.24, 2.45) is 5.73 Å². The van der Waals surface area contributed by atoms with Gasteiger partial charge in [-0.1, -0.05) is 18.2 Å². The number of fused-ring (bicyclic) bond motifs is 1. The maximum atomic E-state index is 11.6. The summed E-state index contributed by atoms with van der Waals surface area (Å²) in [7, 11) is 0. The SMILES string of the molecule is CC(C)(C)OC(=O)NCC(N)Cc1cc2ccccc2[nH]1. The van der Waals surface area contributed by atoms with E-state index in [1.54, 1.807) is 0 Å². The Morgan fingerprint density at radius 1 is 1.38 bits per heavy atom. The fourth-order valence-corrected chi connectivity index (χ4v) is 2.13. The molecule has 0 fully saturated rings. The number of nitrogens with two attached hydrogens (primary N) is 1. The molecule has 1 unspecified atom stereocenters. The molecule has 0 radical (unpaired) electrons. The Bertz CT molecular complexity index is 580. The zero-order chi connectivity index (χ0) is 15.5. The topological polar surface area (TPSA) is 80.1 Å². The number of carbonyl (C=O) groups excluding carboxylic acids is 1. The maximum Gasteiger partial charge on any atom is 0.407 e. The quantitative estimate of drug-likeness (QED) is 0.809. The standard InChI is InChI=1S/C16H23N3O2/c1-16(2,3)21-15(20)18-10-12(17)9-13-8-11-6-4-5-7-14(11)19-13/h4-8,12,19H,9-10,17H2,1-3H3,(H,18,20). The number of aromatic amines is 1. The lowest BCUT2D eigenvalue weighted by Crippen LogP contribution is -2.41. The number of ether oxygens (including phenoxy) is 1. The third-order valence-electron chi connectivity index (χ3n) is 2.98. The minimum Gasteiger partial charge on any atom is -0.444 e. The van der Waals surface area contributed by atoms with Gasteiger partial charge in [0, 0.05) is 30.2 Å². The van der Waals surface area contributed by atoms with E-state index in [0.717, 1.165) is 11.2 Å². The zero-order valence-corrected chi connectivity index (χ0v) is 12.8. The predicted octanol–water partition coefficient (Wildman–Crippen LogP) is 2.56. The van der Waals surface area contributed by atoms with Crippen LogP contribution in [0.3, 0.4) is 0 Å². The molecule has 1 aromatic carbocycles. The number of hydrogen-bond donors (Lipinski definition) is 3. The molecule has 0 saturated heterocycles. The van der Waals surface area contributed by atoms with E-state index in [9.17, 15) is 4.79 Å².